The van der Waals surface area contributed by atoms with E-state index in [4.69, 9.17) is 23.4 Å². The van der Waals surface area contributed by atoms with E-state index in [0.29, 0.717) is 24.5 Å². The Morgan fingerprint density at radius 1 is 1.19 bits per heavy atom. The molecule has 16 heavy (non-hydrogen) atoms. The van der Waals surface area contributed by atoms with Gasteiger partial charge >= 0.3 is 0 Å². The van der Waals surface area contributed by atoms with Gasteiger partial charge in [-0.05, 0) is 35.9 Å². The normalized spacial score (nSPS) is 10.1. The van der Waals surface area contributed by atoms with E-state index < -0.39 is 0 Å². The fourth-order valence-corrected chi connectivity index (χ4v) is 1.52. The molecule has 0 spiro atoms. The molecule has 88 valence electrons. The average Bonchev–Trinajstić information content (AvgIpc) is 2.34. The molecular weight excluding hydrogens is 247 g/mol. The summed E-state index contributed by atoms with van der Waals surface area (Å²) in [6.07, 6.45) is 0.801. The summed E-state index contributed by atoms with van der Waals surface area (Å²) in [5.74, 6) is 0.388. The van der Waals surface area contributed by atoms with Gasteiger partial charge < -0.3 is 5.32 Å². The van der Waals surface area contributed by atoms with E-state index in [1.165, 1.54) is 0 Å². The molecular formula is C11H14Cl2N2O. The molecule has 0 aliphatic carbocycles. The van der Waals surface area contributed by atoms with Crippen molar-refractivity contribution in [3.63, 3.8) is 0 Å². The maximum atomic E-state index is 11.6. The van der Waals surface area contributed by atoms with Gasteiger partial charge in [-0.2, -0.15) is 0 Å². The molecule has 1 aromatic carbocycles. The summed E-state index contributed by atoms with van der Waals surface area (Å²) in [5.41, 5.74) is 1.65. The van der Waals surface area contributed by atoms with Crippen LogP contribution in [0.4, 0.5) is 0 Å². The Hall–Kier alpha value is -0.770. The van der Waals surface area contributed by atoms with Crippen LogP contribution >= 0.6 is 23.4 Å². The standard InChI is InChI=1S/C11H14Cl2N2O/c12-8-9-2-4-10(5-3-9)11(16)14-6-1-7-15-13/h2-5,15H,1,6-8H2,(H,14,16). The van der Waals surface area contributed by atoms with Gasteiger partial charge in [0.1, 0.15) is 0 Å². The Balaban J connectivity index is 2.40. The predicted octanol–water partition coefficient (Wildman–Crippen LogP) is 2.29. The number of hydrogen-bond acceptors (Lipinski definition) is 2. The second-order valence-corrected chi connectivity index (χ2v) is 3.86. The van der Waals surface area contributed by atoms with Gasteiger partial charge in [-0.15, -0.1) is 11.6 Å². The van der Waals surface area contributed by atoms with Gasteiger partial charge in [0.05, 0.1) is 0 Å². The molecule has 0 bridgehead atoms. The van der Waals surface area contributed by atoms with Crippen LogP contribution in [-0.4, -0.2) is 19.0 Å². The smallest absolute Gasteiger partial charge is 0.251 e. The second-order valence-electron chi connectivity index (χ2n) is 3.32. The molecule has 5 heteroatoms. The van der Waals surface area contributed by atoms with E-state index in [0.717, 1.165) is 12.0 Å². The molecule has 2 N–H and O–H groups in total. The summed E-state index contributed by atoms with van der Waals surface area (Å²) in [6.45, 7) is 1.28. The lowest BCUT2D eigenvalue weighted by molar-refractivity contribution is 0.0953. The highest BCUT2D eigenvalue weighted by atomic mass is 35.5. The maximum Gasteiger partial charge on any atom is 0.251 e. The molecule has 0 saturated carbocycles. The van der Waals surface area contributed by atoms with Crippen molar-refractivity contribution in [2.24, 2.45) is 0 Å². The Bertz CT molecular complexity index is 327. The molecule has 0 atom stereocenters. The van der Waals surface area contributed by atoms with Crippen LogP contribution in [0.25, 0.3) is 0 Å². The second kappa shape index (κ2) is 7.49. The zero-order valence-electron chi connectivity index (χ0n) is 8.80. The molecule has 1 amide bonds. The number of alkyl halides is 1. The number of nitrogens with one attached hydrogen (secondary N) is 2. The van der Waals surface area contributed by atoms with Crippen molar-refractivity contribution >= 4 is 29.3 Å². The Labute approximate surface area is 105 Å². The quantitative estimate of drug-likeness (QED) is 0.468. The van der Waals surface area contributed by atoms with Crippen LogP contribution in [0.3, 0.4) is 0 Å². The van der Waals surface area contributed by atoms with E-state index in [2.05, 4.69) is 10.2 Å². The molecule has 0 aliphatic rings. The summed E-state index contributed by atoms with van der Waals surface area (Å²) in [6, 6.07) is 7.24. The highest BCUT2D eigenvalue weighted by Gasteiger charge is 2.03. The maximum absolute atomic E-state index is 11.6. The largest absolute Gasteiger partial charge is 0.352 e. The number of hydrogen-bond donors (Lipinski definition) is 2. The first-order chi connectivity index (χ1) is 7.77. The number of halogens is 2. The molecule has 0 radical (unpaired) electrons. The Kier molecular flexibility index (Phi) is 6.23. The predicted molar refractivity (Wildman–Crippen MR) is 66.8 cm³/mol. The van der Waals surface area contributed by atoms with Crippen molar-refractivity contribution in [2.45, 2.75) is 12.3 Å². The summed E-state index contributed by atoms with van der Waals surface area (Å²) < 4.78 is 0. The highest BCUT2D eigenvalue weighted by molar-refractivity contribution is 6.17. The minimum absolute atomic E-state index is 0.0734. The van der Waals surface area contributed by atoms with Crippen LogP contribution < -0.4 is 10.2 Å². The van der Waals surface area contributed by atoms with Gasteiger partial charge in [0.2, 0.25) is 0 Å². The Morgan fingerprint density at radius 2 is 1.88 bits per heavy atom. The summed E-state index contributed by atoms with van der Waals surface area (Å²) in [5, 5.41) is 2.80. The number of rotatable bonds is 6. The van der Waals surface area contributed by atoms with Gasteiger partial charge in [0, 0.05) is 24.5 Å². The molecule has 0 saturated heterocycles. The van der Waals surface area contributed by atoms with Crippen LogP contribution in [0, 0.1) is 0 Å². The van der Waals surface area contributed by atoms with Crippen molar-refractivity contribution < 1.29 is 4.79 Å². The molecule has 1 aromatic rings. The van der Waals surface area contributed by atoms with E-state index >= 15 is 0 Å². The van der Waals surface area contributed by atoms with E-state index in [1.807, 2.05) is 12.1 Å². The van der Waals surface area contributed by atoms with Crippen LogP contribution in [0.5, 0.6) is 0 Å². The minimum Gasteiger partial charge on any atom is -0.352 e. The molecule has 0 aliphatic heterocycles. The number of amides is 1. The number of carbonyl (C=O) groups is 1. The fourth-order valence-electron chi connectivity index (χ4n) is 1.20. The molecule has 0 fully saturated rings. The summed E-state index contributed by atoms with van der Waals surface area (Å²) in [7, 11) is 0. The van der Waals surface area contributed by atoms with Crippen molar-refractivity contribution in [1.29, 1.82) is 0 Å². The Morgan fingerprint density at radius 3 is 2.44 bits per heavy atom. The first kappa shape index (κ1) is 13.3. The van der Waals surface area contributed by atoms with Gasteiger partial charge in [-0.3, -0.25) is 4.79 Å². The van der Waals surface area contributed by atoms with Crippen molar-refractivity contribution in [2.75, 3.05) is 13.1 Å². The third-order valence-electron chi connectivity index (χ3n) is 2.10. The number of carbonyl (C=O) groups excluding carboxylic acids is 1. The van der Waals surface area contributed by atoms with Crippen molar-refractivity contribution in [3.8, 4) is 0 Å². The monoisotopic (exact) mass is 260 g/mol. The first-order valence-electron chi connectivity index (χ1n) is 5.04. The summed E-state index contributed by atoms with van der Waals surface area (Å²) in [4.78, 5) is 14.1. The molecule has 3 nitrogen and oxygen atoms in total. The van der Waals surface area contributed by atoms with Crippen LogP contribution in [0.1, 0.15) is 22.3 Å². The zero-order valence-corrected chi connectivity index (χ0v) is 10.3. The topological polar surface area (TPSA) is 41.1 Å². The van der Waals surface area contributed by atoms with Crippen LogP contribution in [0.15, 0.2) is 24.3 Å². The van der Waals surface area contributed by atoms with Crippen molar-refractivity contribution in [1.82, 2.24) is 10.2 Å². The average molecular weight is 261 g/mol. The van der Waals surface area contributed by atoms with Crippen molar-refractivity contribution in [3.05, 3.63) is 35.4 Å². The number of benzene rings is 1. The molecule has 0 unspecified atom stereocenters. The SMILES string of the molecule is O=C(NCCCNCl)c1ccc(CCl)cc1. The van der Waals surface area contributed by atoms with Gasteiger partial charge in [-0.25, -0.2) is 4.84 Å². The zero-order chi connectivity index (χ0) is 11.8. The van der Waals surface area contributed by atoms with Crippen LogP contribution in [0.2, 0.25) is 0 Å². The molecule has 0 heterocycles. The van der Waals surface area contributed by atoms with E-state index in [-0.39, 0.29) is 5.91 Å². The lowest BCUT2D eigenvalue weighted by Crippen LogP contribution is -2.25. The third kappa shape index (κ3) is 4.39. The van der Waals surface area contributed by atoms with E-state index in [1.54, 1.807) is 12.1 Å². The fraction of sp³-hybridized carbons (Fsp3) is 0.364. The lowest BCUT2D eigenvalue weighted by Gasteiger charge is -2.05. The van der Waals surface area contributed by atoms with Gasteiger partial charge in [-0.1, -0.05) is 12.1 Å². The minimum atomic E-state index is -0.0734. The van der Waals surface area contributed by atoms with Crippen LogP contribution in [-0.2, 0) is 5.88 Å². The first-order valence-corrected chi connectivity index (χ1v) is 5.95. The van der Waals surface area contributed by atoms with Gasteiger partial charge in [0.15, 0.2) is 0 Å². The van der Waals surface area contributed by atoms with Gasteiger partial charge in [0.25, 0.3) is 5.91 Å². The lowest BCUT2D eigenvalue weighted by atomic mass is 10.1. The summed E-state index contributed by atoms with van der Waals surface area (Å²) >= 11 is 10.9. The van der Waals surface area contributed by atoms with E-state index in [9.17, 15) is 4.79 Å². The molecule has 1 rings (SSSR count). The third-order valence-corrected chi connectivity index (χ3v) is 2.60. The molecule has 0 aromatic heterocycles. The highest BCUT2D eigenvalue weighted by Crippen LogP contribution is 2.06.